The number of hydrogen-bond acceptors (Lipinski definition) is 3. The van der Waals surface area contributed by atoms with Gasteiger partial charge < -0.3 is 5.73 Å². The second-order valence-corrected chi connectivity index (χ2v) is 5.48. The van der Waals surface area contributed by atoms with Crippen LogP contribution in [0.3, 0.4) is 0 Å². The lowest BCUT2D eigenvalue weighted by molar-refractivity contribution is 0.293. The molecule has 0 heterocycles. The van der Waals surface area contributed by atoms with E-state index in [0.717, 1.165) is 12.8 Å². The van der Waals surface area contributed by atoms with Crippen molar-refractivity contribution in [1.82, 2.24) is 0 Å². The maximum Gasteiger partial charge on any atom is 0.267 e. The molecule has 3 atom stereocenters. The molecule has 1 aliphatic carbocycles. The minimum absolute atomic E-state index is 0.0781. The predicted molar refractivity (Wildman–Crippen MR) is 50.9 cm³/mol. The second-order valence-electron chi connectivity index (χ2n) is 3.78. The molecule has 0 aromatic carbocycles. The number of hydrogen-bond donors (Lipinski definition) is 2. The maximum atomic E-state index is 10.8. The minimum atomic E-state index is -3.87. The van der Waals surface area contributed by atoms with Crippen LogP contribution in [0.2, 0.25) is 0 Å². The summed E-state index contributed by atoms with van der Waals surface area (Å²) in [6.07, 6.45) is 2.74. The summed E-state index contributed by atoms with van der Waals surface area (Å²) in [7, 11) is -3.87. The van der Waals surface area contributed by atoms with Crippen LogP contribution in [-0.4, -0.2) is 24.3 Å². The van der Waals surface area contributed by atoms with Gasteiger partial charge in [-0.1, -0.05) is 13.3 Å². The fourth-order valence-electron chi connectivity index (χ4n) is 2.01. The van der Waals surface area contributed by atoms with Gasteiger partial charge in [-0.3, -0.25) is 4.55 Å². The average Bonchev–Trinajstić information content (AvgIpc) is 2.02. The van der Waals surface area contributed by atoms with Crippen LogP contribution in [-0.2, 0) is 10.1 Å². The van der Waals surface area contributed by atoms with E-state index in [2.05, 4.69) is 6.92 Å². The molecule has 1 fully saturated rings. The van der Waals surface area contributed by atoms with Crippen molar-refractivity contribution in [3.05, 3.63) is 0 Å². The van der Waals surface area contributed by atoms with E-state index in [1.165, 1.54) is 0 Å². The molecule has 3 N–H and O–H groups in total. The molecule has 0 aromatic rings. The molecule has 13 heavy (non-hydrogen) atoms. The van der Waals surface area contributed by atoms with E-state index in [9.17, 15) is 8.42 Å². The summed E-state index contributed by atoms with van der Waals surface area (Å²) in [6.45, 7) is 2.05. The lowest BCUT2D eigenvalue weighted by atomic mass is 9.83. The van der Waals surface area contributed by atoms with Gasteiger partial charge in [0.15, 0.2) is 0 Å². The number of nitrogens with two attached hydrogens (primary N) is 1. The van der Waals surface area contributed by atoms with E-state index in [4.69, 9.17) is 10.3 Å². The highest BCUT2D eigenvalue weighted by Crippen LogP contribution is 2.29. The Morgan fingerprint density at radius 1 is 1.46 bits per heavy atom. The van der Waals surface area contributed by atoms with Crippen molar-refractivity contribution in [2.45, 2.75) is 43.9 Å². The molecule has 0 amide bonds. The Morgan fingerprint density at radius 3 is 2.46 bits per heavy atom. The molecule has 4 nitrogen and oxygen atoms in total. The Labute approximate surface area is 79.3 Å². The van der Waals surface area contributed by atoms with Gasteiger partial charge in [0.25, 0.3) is 10.1 Å². The van der Waals surface area contributed by atoms with E-state index in [-0.39, 0.29) is 6.04 Å². The van der Waals surface area contributed by atoms with Gasteiger partial charge in [0, 0.05) is 6.04 Å². The Kier molecular flexibility index (Phi) is 3.32. The summed E-state index contributed by atoms with van der Waals surface area (Å²) in [5.74, 6) is 0.415. The molecule has 0 bridgehead atoms. The largest absolute Gasteiger partial charge is 0.327 e. The van der Waals surface area contributed by atoms with Crippen molar-refractivity contribution in [1.29, 1.82) is 0 Å². The highest BCUT2D eigenvalue weighted by Gasteiger charge is 2.33. The van der Waals surface area contributed by atoms with Gasteiger partial charge in [0.05, 0.1) is 5.25 Å². The van der Waals surface area contributed by atoms with Crippen LogP contribution in [0.1, 0.15) is 32.6 Å². The zero-order valence-corrected chi connectivity index (χ0v) is 8.63. The van der Waals surface area contributed by atoms with E-state index < -0.39 is 15.4 Å². The van der Waals surface area contributed by atoms with Gasteiger partial charge in [-0.2, -0.15) is 8.42 Å². The van der Waals surface area contributed by atoms with E-state index in [1.807, 2.05) is 0 Å². The molecule has 3 unspecified atom stereocenters. The fraction of sp³-hybridized carbons (Fsp3) is 1.00. The third kappa shape index (κ3) is 2.65. The molecule has 0 radical (unpaired) electrons. The lowest BCUT2D eigenvalue weighted by Crippen LogP contribution is -2.41. The summed E-state index contributed by atoms with van der Waals surface area (Å²) in [4.78, 5) is 0. The van der Waals surface area contributed by atoms with Crippen LogP contribution >= 0.6 is 0 Å². The molecule has 0 aliphatic heterocycles. The van der Waals surface area contributed by atoms with E-state index >= 15 is 0 Å². The lowest BCUT2D eigenvalue weighted by Gasteiger charge is -2.31. The van der Waals surface area contributed by atoms with Crippen LogP contribution in [0.15, 0.2) is 0 Å². The zero-order valence-electron chi connectivity index (χ0n) is 7.81. The quantitative estimate of drug-likeness (QED) is 0.656. The summed E-state index contributed by atoms with van der Waals surface area (Å²) in [5.41, 5.74) is 5.80. The van der Waals surface area contributed by atoms with Gasteiger partial charge in [0.1, 0.15) is 0 Å². The highest BCUT2D eigenvalue weighted by atomic mass is 32.2. The Morgan fingerprint density at radius 2 is 2.08 bits per heavy atom. The average molecular weight is 207 g/mol. The third-order valence-corrected chi connectivity index (χ3v) is 4.22. The molecule has 0 spiro atoms. The Hall–Kier alpha value is -0.130. The Balaban J connectivity index is 2.61. The van der Waals surface area contributed by atoms with E-state index in [0.29, 0.717) is 18.8 Å². The monoisotopic (exact) mass is 207 g/mol. The summed E-state index contributed by atoms with van der Waals surface area (Å²) >= 11 is 0. The van der Waals surface area contributed by atoms with Crippen molar-refractivity contribution in [2.24, 2.45) is 11.7 Å². The van der Waals surface area contributed by atoms with Crippen molar-refractivity contribution in [3.63, 3.8) is 0 Å². The van der Waals surface area contributed by atoms with Crippen molar-refractivity contribution in [2.75, 3.05) is 0 Å². The van der Waals surface area contributed by atoms with Crippen LogP contribution in [0.4, 0.5) is 0 Å². The first-order valence-electron chi connectivity index (χ1n) is 4.67. The molecule has 0 aromatic heterocycles. The standard InChI is InChI=1S/C8H17NO3S/c1-2-6-3-4-7(5-8(6)9)13(10,11)12/h6-8H,2-5,9H2,1H3,(H,10,11,12). The molecular weight excluding hydrogens is 190 g/mol. The van der Waals surface area contributed by atoms with Crippen LogP contribution in [0.25, 0.3) is 0 Å². The zero-order chi connectivity index (χ0) is 10.1. The SMILES string of the molecule is CCC1CCC(S(=O)(=O)O)CC1N. The number of rotatable bonds is 2. The molecule has 0 saturated heterocycles. The molecule has 1 aliphatic rings. The molecule has 1 saturated carbocycles. The first-order valence-corrected chi connectivity index (χ1v) is 6.17. The van der Waals surface area contributed by atoms with Gasteiger partial charge in [-0.05, 0) is 25.2 Å². The van der Waals surface area contributed by atoms with Gasteiger partial charge in [-0.25, -0.2) is 0 Å². The van der Waals surface area contributed by atoms with Gasteiger partial charge >= 0.3 is 0 Å². The first kappa shape index (κ1) is 10.9. The predicted octanol–water partition coefficient (Wildman–Crippen LogP) is 0.780. The van der Waals surface area contributed by atoms with Crippen molar-refractivity contribution < 1.29 is 13.0 Å². The van der Waals surface area contributed by atoms with Crippen LogP contribution in [0, 0.1) is 5.92 Å². The fourth-order valence-corrected chi connectivity index (χ4v) is 2.90. The maximum absolute atomic E-state index is 10.8. The Bertz CT molecular complexity index is 263. The minimum Gasteiger partial charge on any atom is -0.327 e. The smallest absolute Gasteiger partial charge is 0.267 e. The molecule has 5 heteroatoms. The summed E-state index contributed by atoms with van der Waals surface area (Å²) in [6, 6.07) is -0.0781. The molecule has 78 valence electrons. The van der Waals surface area contributed by atoms with Crippen molar-refractivity contribution in [3.8, 4) is 0 Å². The van der Waals surface area contributed by atoms with Gasteiger partial charge in [0.2, 0.25) is 0 Å². The highest BCUT2D eigenvalue weighted by molar-refractivity contribution is 7.86. The van der Waals surface area contributed by atoms with E-state index in [1.54, 1.807) is 0 Å². The van der Waals surface area contributed by atoms with Crippen LogP contribution < -0.4 is 5.73 Å². The first-order chi connectivity index (χ1) is 5.95. The topological polar surface area (TPSA) is 80.4 Å². The van der Waals surface area contributed by atoms with Crippen LogP contribution in [0.5, 0.6) is 0 Å². The normalized spacial score (nSPS) is 36.1. The van der Waals surface area contributed by atoms with Crippen molar-refractivity contribution >= 4 is 10.1 Å². The second kappa shape index (κ2) is 3.94. The third-order valence-electron chi connectivity index (χ3n) is 2.95. The van der Waals surface area contributed by atoms with Gasteiger partial charge in [-0.15, -0.1) is 0 Å². The molecular formula is C8H17NO3S. The summed E-state index contributed by atoms with van der Waals surface area (Å²) in [5, 5.41) is -0.634. The summed E-state index contributed by atoms with van der Waals surface area (Å²) < 4.78 is 30.5. The molecule has 1 rings (SSSR count).